The van der Waals surface area contributed by atoms with E-state index in [4.69, 9.17) is 9.47 Å². The molecule has 0 bridgehead atoms. The topological polar surface area (TPSA) is 35.5 Å². The first-order valence-electron chi connectivity index (χ1n) is 4.93. The molecule has 0 heterocycles. The highest BCUT2D eigenvalue weighted by Gasteiger charge is 2.20. The van der Waals surface area contributed by atoms with E-state index in [-0.39, 0.29) is 11.9 Å². The first-order chi connectivity index (χ1) is 7.72. The molecule has 0 amide bonds. The average Bonchev–Trinajstić information content (AvgIpc) is 2.35. The highest BCUT2D eigenvalue weighted by Crippen LogP contribution is 2.23. The Balaban J connectivity index is 2.87. The molecule has 1 unspecified atom stereocenters. The van der Waals surface area contributed by atoms with E-state index in [0.717, 1.165) is 17.1 Å². The summed E-state index contributed by atoms with van der Waals surface area (Å²) in [5.74, 6) is 1.11. The van der Waals surface area contributed by atoms with E-state index in [9.17, 15) is 4.79 Å². The van der Waals surface area contributed by atoms with Gasteiger partial charge in [-0.1, -0.05) is 12.1 Å². The van der Waals surface area contributed by atoms with Crippen LogP contribution in [0.4, 0.5) is 0 Å². The second-order valence-electron chi connectivity index (χ2n) is 3.30. The van der Waals surface area contributed by atoms with Crippen LogP contribution in [0, 0.1) is 0 Å². The zero-order valence-corrected chi connectivity index (χ0v) is 10.5. The molecule has 0 N–H and O–H groups in total. The zero-order valence-electron chi connectivity index (χ0n) is 9.73. The van der Waals surface area contributed by atoms with Gasteiger partial charge < -0.3 is 9.47 Å². The Kier molecular flexibility index (Phi) is 5.19. The van der Waals surface area contributed by atoms with Crippen molar-refractivity contribution in [2.24, 2.45) is 0 Å². The van der Waals surface area contributed by atoms with Gasteiger partial charge in [0.15, 0.2) is 0 Å². The first kappa shape index (κ1) is 12.9. The molecule has 3 nitrogen and oxygen atoms in total. The molecule has 0 aliphatic heterocycles. The number of carbonyl (C=O) groups is 1. The fourth-order valence-electron chi connectivity index (χ4n) is 1.45. The molecule has 0 spiro atoms. The molecule has 1 rings (SSSR count). The number of methoxy groups -OCH3 is 2. The van der Waals surface area contributed by atoms with Crippen LogP contribution >= 0.6 is 11.8 Å². The Labute approximate surface area is 100 Å². The molecule has 0 saturated heterocycles. The SMILES string of the molecule is COC(=O)C(CSC)c1ccc(OC)cc1. The van der Waals surface area contributed by atoms with E-state index in [1.807, 2.05) is 30.5 Å². The summed E-state index contributed by atoms with van der Waals surface area (Å²) < 4.78 is 9.87. The largest absolute Gasteiger partial charge is 0.497 e. The van der Waals surface area contributed by atoms with Crippen LogP contribution < -0.4 is 4.74 Å². The van der Waals surface area contributed by atoms with E-state index in [0.29, 0.717) is 0 Å². The van der Waals surface area contributed by atoms with Crippen molar-refractivity contribution in [3.63, 3.8) is 0 Å². The second-order valence-corrected chi connectivity index (χ2v) is 4.21. The number of carbonyl (C=O) groups excluding carboxylic acids is 1. The summed E-state index contributed by atoms with van der Waals surface area (Å²) in [6, 6.07) is 7.50. The van der Waals surface area contributed by atoms with Gasteiger partial charge >= 0.3 is 5.97 Å². The maximum atomic E-state index is 11.6. The Morgan fingerprint density at radius 1 is 1.31 bits per heavy atom. The Hall–Kier alpha value is -1.16. The van der Waals surface area contributed by atoms with Crippen LogP contribution in [0.3, 0.4) is 0 Å². The van der Waals surface area contributed by atoms with Crippen LogP contribution in [-0.2, 0) is 9.53 Å². The summed E-state index contributed by atoms with van der Waals surface area (Å²) in [4.78, 5) is 11.6. The molecule has 0 aliphatic carbocycles. The van der Waals surface area contributed by atoms with Crippen LogP contribution in [0.25, 0.3) is 0 Å². The summed E-state index contributed by atoms with van der Waals surface area (Å²) in [5, 5.41) is 0. The third-order valence-corrected chi connectivity index (χ3v) is 3.00. The molecule has 0 aliphatic rings. The molecular formula is C12H16O3S. The maximum absolute atomic E-state index is 11.6. The molecule has 4 heteroatoms. The number of rotatable bonds is 5. The van der Waals surface area contributed by atoms with Gasteiger partial charge in [-0.3, -0.25) is 4.79 Å². The highest BCUT2D eigenvalue weighted by atomic mass is 32.2. The van der Waals surface area contributed by atoms with Crippen LogP contribution in [0.15, 0.2) is 24.3 Å². The number of hydrogen-bond acceptors (Lipinski definition) is 4. The van der Waals surface area contributed by atoms with Crippen molar-refractivity contribution in [3.05, 3.63) is 29.8 Å². The minimum Gasteiger partial charge on any atom is -0.497 e. The first-order valence-corrected chi connectivity index (χ1v) is 6.33. The van der Waals surface area contributed by atoms with E-state index in [2.05, 4.69) is 0 Å². The Morgan fingerprint density at radius 3 is 2.38 bits per heavy atom. The molecule has 0 saturated carbocycles. The predicted molar refractivity (Wildman–Crippen MR) is 66.1 cm³/mol. The standard InChI is InChI=1S/C12H16O3S/c1-14-10-6-4-9(5-7-10)11(8-16-3)12(13)15-2/h4-7,11H,8H2,1-3H3. The van der Waals surface area contributed by atoms with Gasteiger partial charge in [-0.05, 0) is 24.0 Å². The highest BCUT2D eigenvalue weighted by molar-refractivity contribution is 7.98. The average molecular weight is 240 g/mol. The fraction of sp³-hybridized carbons (Fsp3) is 0.417. The van der Waals surface area contributed by atoms with Crippen LogP contribution in [0.5, 0.6) is 5.75 Å². The lowest BCUT2D eigenvalue weighted by Crippen LogP contribution is -2.16. The van der Waals surface area contributed by atoms with Gasteiger partial charge in [-0.15, -0.1) is 0 Å². The maximum Gasteiger partial charge on any atom is 0.313 e. The van der Waals surface area contributed by atoms with Gasteiger partial charge in [0.1, 0.15) is 5.75 Å². The van der Waals surface area contributed by atoms with E-state index < -0.39 is 0 Å². The van der Waals surface area contributed by atoms with Crippen LogP contribution in [-0.4, -0.2) is 32.2 Å². The monoisotopic (exact) mass is 240 g/mol. The third-order valence-electron chi connectivity index (χ3n) is 2.34. The molecule has 1 atom stereocenters. The molecule has 0 aromatic heterocycles. The van der Waals surface area contributed by atoms with E-state index >= 15 is 0 Å². The normalized spacial score (nSPS) is 11.9. The third kappa shape index (κ3) is 3.17. The second kappa shape index (κ2) is 6.43. The number of esters is 1. The summed E-state index contributed by atoms with van der Waals surface area (Å²) in [7, 11) is 3.04. The van der Waals surface area contributed by atoms with Gasteiger partial charge in [-0.25, -0.2) is 0 Å². The van der Waals surface area contributed by atoms with Crippen molar-refractivity contribution in [1.29, 1.82) is 0 Å². The van der Waals surface area contributed by atoms with Crippen molar-refractivity contribution in [2.75, 3.05) is 26.2 Å². The van der Waals surface area contributed by atoms with Crippen molar-refractivity contribution >= 4 is 17.7 Å². The van der Waals surface area contributed by atoms with Gasteiger partial charge in [-0.2, -0.15) is 11.8 Å². The van der Waals surface area contributed by atoms with Gasteiger partial charge in [0.2, 0.25) is 0 Å². The lowest BCUT2D eigenvalue weighted by Gasteiger charge is -2.14. The van der Waals surface area contributed by atoms with Crippen molar-refractivity contribution in [1.82, 2.24) is 0 Å². The zero-order chi connectivity index (χ0) is 12.0. The summed E-state index contributed by atoms with van der Waals surface area (Å²) >= 11 is 1.63. The van der Waals surface area contributed by atoms with Gasteiger partial charge in [0.05, 0.1) is 20.1 Å². The lowest BCUT2D eigenvalue weighted by atomic mass is 10.0. The summed E-state index contributed by atoms with van der Waals surface area (Å²) in [6.45, 7) is 0. The molecule has 0 fully saturated rings. The Bertz CT molecular complexity index is 335. The number of ether oxygens (including phenoxy) is 2. The minimum absolute atomic E-state index is 0.195. The van der Waals surface area contributed by atoms with Gasteiger partial charge in [0, 0.05) is 5.75 Å². The summed E-state index contributed by atoms with van der Waals surface area (Å²) in [6.07, 6.45) is 1.97. The number of benzene rings is 1. The van der Waals surface area contributed by atoms with Crippen molar-refractivity contribution in [2.45, 2.75) is 5.92 Å². The van der Waals surface area contributed by atoms with E-state index in [1.165, 1.54) is 7.11 Å². The molecule has 1 aromatic rings. The van der Waals surface area contributed by atoms with Crippen LogP contribution in [0.2, 0.25) is 0 Å². The molecule has 88 valence electrons. The Morgan fingerprint density at radius 2 is 1.94 bits per heavy atom. The summed E-state index contributed by atoms with van der Waals surface area (Å²) in [5.41, 5.74) is 0.960. The molecular weight excluding hydrogens is 224 g/mol. The fourth-order valence-corrected chi connectivity index (χ4v) is 2.11. The minimum atomic E-state index is -0.203. The lowest BCUT2D eigenvalue weighted by molar-refractivity contribution is -0.141. The quantitative estimate of drug-likeness (QED) is 0.740. The van der Waals surface area contributed by atoms with Crippen molar-refractivity contribution in [3.8, 4) is 5.75 Å². The van der Waals surface area contributed by atoms with Gasteiger partial charge in [0.25, 0.3) is 0 Å². The smallest absolute Gasteiger partial charge is 0.313 e. The predicted octanol–water partition coefficient (Wildman–Crippen LogP) is 2.31. The number of hydrogen-bond donors (Lipinski definition) is 0. The van der Waals surface area contributed by atoms with Crippen molar-refractivity contribution < 1.29 is 14.3 Å². The van der Waals surface area contributed by atoms with Crippen LogP contribution in [0.1, 0.15) is 11.5 Å². The molecule has 16 heavy (non-hydrogen) atoms. The molecule has 0 radical (unpaired) electrons. The molecule has 1 aromatic carbocycles. The van der Waals surface area contributed by atoms with E-state index in [1.54, 1.807) is 18.9 Å². The number of thioether (sulfide) groups is 1.